The third kappa shape index (κ3) is 42.1. The third-order valence-electron chi connectivity index (χ3n) is 11.0. The van der Waals surface area contributed by atoms with Crippen molar-refractivity contribution in [1.82, 2.24) is 0 Å². The molecule has 0 radical (unpaired) electrons. The molecule has 0 fully saturated rings. The molecule has 0 aliphatic heterocycles. The second-order valence-corrected chi connectivity index (χ2v) is 17.8. The fourth-order valence-corrected chi connectivity index (χ4v) is 7.09. The van der Waals surface area contributed by atoms with E-state index in [-0.39, 0.29) is 49.1 Å². The van der Waals surface area contributed by atoms with Crippen molar-refractivity contribution in [2.24, 2.45) is 0 Å². The summed E-state index contributed by atoms with van der Waals surface area (Å²) in [6, 6.07) is -0.738. The topological polar surface area (TPSA) is 102 Å². The number of esters is 2. The molecule has 2 unspecified atom stereocenters. The van der Waals surface area contributed by atoms with Crippen LogP contribution >= 0.6 is 0 Å². The van der Waals surface area contributed by atoms with E-state index in [9.17, 15) is 19.5 Å². The van der Waals surface area contributed by atoms with Gasteiger partial charge in [-0.2, -0.15) is 0 Å². The molecule has 0 spiro atoms. The second kappa shape index (κ2) is 44.4. The number of hydrogen-bond acceptors (Lipinski definition) is 7. The highest BCUT2D eigenvalue weighted by Gasteiger charge is 2.25. The average molecular weight is 868 g/mol. The molecule has 0 aromatic heterocycles. The van der Waals surface area contributed by atoms with Gasteiger partial charge in [0.1, 0.15) is 12.6 Å². The molecule has 8 nitrogen and oxygen atoms in total. The molecule has 0 rings (SSSR count). The molecule has 0 N–H and O–H groups in total. The third-order valence-corrected chi connectivity index (χ3v) is 11.0. The largest absolute Gasteiger partial charge is 0.544 e. The standard InChI is InChI=1S/C54H93NO7/c1-6-8-10-12-14-16-18-20-22-23-24-25-26-27-28-29-31-32-34-36-38-40-42-44-52(56)61-49-50(48-60-47-46-51(54(58)59)55(3,4)5)62-53(57)45-43-41-39-37-35-33-30-21-19-17-15-13-11-9-7-2/h9,11,13,15,17,19,21,27-28,30,33,35,50-51H,6-8,10,12,14,16,18,20,22-26,29,31-32,34,36-49H2,1-5H3/b11-9+,15-13+,19-17+,28-27+,30-21+,35-33+. The van der Waals surface area contributed by atoms with Gasteiger partial charge in [-0.05, 0) is 57.8 Å². The van der Waals surface area contributed by atoms with E-state index >= 15 is 0 Å². The van der Waals surface area contributed by atoms with Crippen LogP contribution in [0.15, 0.2) is 72.9 Å². The summed E-state index contributed by atoms with van der Waals surface area (Å²) in [6.45, 7) is 4.48. The van der Waals surface area contributed by atoms with Gasteiger partial charge in [-0.3, -0.25) is 9.59 Å². The van der Waals surface area contributed by atoms with Crippen LogP contribution in [0.25, 0.3) is 0 Å². The first-order chi connectivity index (χ1) is 30.1. The molecule has 2 atom stereocenters. The maximum Gasteiger partial charge on any atom is 0.306 e. The van der Waals surface area contributed by atoms with Gasteiger partial charge in [0.25, 0.3) is 0 Å². The van der Waals surface area contributed by atoms with Gasteiger partial charge in [-0.25, -0.2) is 0 Å². The summed E-state index contributed by atoms with van der Waals surface area (Å²) in [5.41, 5.74) is 0. The highest BCUT2D eigenvalue weighted by molar-refractivity contribution is 5.70. The lowest BCUT2D eigenvalue weighted by molar-refractivity contribution is -0.889. The van der Waals surface area contributed by atoms with E-state index in [1.165, 1.54) is 116 Å². The van der Waals surface area contributed by atoms with Crippen molar-refractivity contribution < 1.29 is 38.2 Å². The van der Waals surface area contributed by atoms with Gasteiger partial charge in [0.15, 0.2) is 6.10 Å². The number of likely N-dealkylation sites (N-methyl/N-ethyl adjacent to an activating group) is 1. The van der Waals surface area contributed by atoms with Crippen LogP contribution in [0.2, 0.25) is 0 Å². The van der Waals surface area contributed by atoms with Crippen LogP contribution < -0.4 is 5.11 Å². The summed E-state index contributed by atoms with van der Waals surface area (Å²) < 4.78 is 17.2. The molecule has 0 saturated heterocycles. The van der Waals surface area contributed by atoms with Crippen molar-refractivity contribution in [2.75, 3.05) is 41.0 Å². The molecule has 356 valence electrons. The minimum Gasteiger partial charge on any atom is -0.544 e. The van der Waals surface area contributed by atoms with Gasteiger partial charge in [0, 0.05) is 19.3 Å². The fraction of sp³-hybridized carbons (Fsp3) is 0.722. The van der Waals surface area contributed by atoms with Gasteiger partial charge in [0.2, 0.25) is 0 Å². The van der Waals surface area contributed by atoms with Crippen molar-refractivity contribution in [3.05, 3.63) is 72.9 Å². The lowest BCUT2D eigenvalue weighted by Gasteiger charge is -2.34. The Labute approximate surface area is 381 Å². The summed E-state index contributed by atoms with van der Waals surface area (Å²) in [6.07, 6.45) is 56.6. The zero-order chi connectivity index (χ0) is 45.6. The first-order valence-electron chi connectivity index (χ1n) is 25.0. The molecule has 0 amide bonds. The van der Waals surface area contributed by atoms with Crippen LogP contribution in [-0.2, 0) is 28.6 Å². The van der Waals surface area contributed by atoms with Gasteiger partial charge < -0.3 is 28.6 Å². The number of unbranched alkanes of at least 4 members (excludes halogenated alkanes) is 22. The normalized spacial score (nSPS) is 13.5. The number of carbonyl (C=O) groups is 3. The summed E-state index contributed by atoms with van der Waals surface area (Å²) >= 11 is 0. The minimum absolute atomic E-state index is 0.0187. The Morgan fingerprint density at radius 3 is 1.40 bits per heavy atom. The van der Waals surface area contributed by atoms with Crippen LogP contribution in [0.3, 0.4) is 0 Å². The van der Waals surface area contributed by atoms with Crippen LogP contribution in [0.5, 0.6) is 0 Å². The predicted molar refractivity (Wildman–Crippen MR) is 259 cm³/mol. The van der Waals surface area contributed by atoms with Gasteiger partial charge in [-0.1, -0.05) is 196 Å². The Kier molecular flexibility index (Phi) is 42.1. The molecule has 8 heteroatoms. The zero-order valence-electron chi connectivity index (χ0n) is 40.5. The maximum absolute atomic E-state index is 12.7. The highest BCUT2D eigenvalue weighted by atomic mass is 16.6. The fourth-order valence-electron chi connectivity index (χ4n) is 7.09. The number of hydrogen-bond donors (Lipinski definition) is 0. The number of nitrogens with zero attached hydrogens (tertiary/aromatic N) is 1. The van der Waals surface area contributed by atoms with Crippen molar-refractivity contribution in [3.8, 4) is 0 Å². The molecular weight excluding hydrogens is 775 g/mol. The van der Waals surface area contributed by atoms with Gasteiger partial charge >= 0.3 is 11.9 Å². The maximum atomic E-state index is 12.7. The molecule has 0 bridgehead atoms. The lowest BCUT2D eigenvalue weighted by Crippen LogP contribution is -2.55. The zero-order valence-corrected chi connectivity index (χ0v) is 40.5. The molecule has 0 aliphatic rings. The van der Waals surface area contributed by atoms with Crippen molar-refractivity contribution >= 4 is 17.9 Å². The summed E-state index contributed by atoms with van der Waals surface area (Å²) in [4.78, 5) is 37.0. The molecule has 62 heavy (non-hydrogen) atoms. The Morgan fingerprint density at radius 1 is 0.500 bits per heavy atom. The van der Waals surface area contributed by atoms with E-state index in [1.807, 2.05) is 48.6 Å². The second-order valence-electron chi connectivity index (χ2n) is 17.8. The minimum atomic E-state index is -1.13. The van der Waals surface area contributed by atoms with Crippen molar-refractivity contribution in [2.45, 2.75) is 212 Å². The van der Waals surface area contributed by atoms with Gasteiger partial charge in [0.05, 0.1) is 40.3 Å². The molecular formula is C54H93NO7. The molecule has 0 aromatic carbocycles. The first kappa shape index (κ1) is 58.8. The lowest BCUT2D eigenvalue weighted by atomic mass is 10.0. The summed E-state index contributed by atoms with van der Waals surface area (Å²) in [5.74, 6) is -1.80. The Bertz CT molecular complexity index is 1240. The Balaban J connectivity index is 4.27. The highest BCUT2D eigenvalue weighted by Crippen LogP contribution is 2.15. The number of carbonyl (C=O) groups excluding carboxylic acids is 3. The number of aliphatic carboxylic acids is 1. The Hall–Kier alpha value is -3.23. The van der Waals surface area contributed by atoms with Crippen LogP contribution in [0, 0.1) is 0 Å². The quantitative estimate of drug-likeness (QED) is 0.0198. The number of carboxylic acids is 1. The van der Waals surface area contributed by atoms with E-state index in [0.29, 0.717) is 12.8 Å². The molecule has 0 aromatic rings. The van der Waals surface area contributed by atoms with E-state index in [4.69, 9.17) is 14.2 Å². The predicted octanol–water partition coefficient (Wildman–Crippen LogP) is 13.0. The first-order valence-corrected chi connectivity index (χ1v) is 25.0. The smallest absolute Gasteiger partial charge is 0.306 e. The van der Waals surface area contributed by atoms with E-state index in [1.54, 1.807) is 21.1 Å². The van der Waals surface area contributed by atoms with Crippen molar-refractivity contribution in [1.29, 1.82) is 0 Å². The number of quaternary nitrogens is 1. The summed E-state index contributed by atoms with van der Waals surface area (Å²) in [5, 5.41) is 11.6. The average Bonchev–Trinajstić information content (AvgIpc) is 3.23. The van der Waals surface area contributed by atoms with E-state index in [2.05, 4.69) is 38.2 Å². The van der Waals surface area contributed by atoms with Gasteiger partial charge in [-0.15, -0.1) is 0 Å². The molecule has 0 aliphatic carbocycles. The van der Waals surface area contributed by atoms with Crippen LogP contribution in [0.1, 0.15) is 200 Å². The number of rotatable bonds is 44. The number of ether oxygens (including phenoxy) is 3. The number of allylic oxidation sites excluding steroid dienone is 12. The van der Waals surface area contributed by atoms with Crippen LogP contribution in [-0.4, -0.2) is 75.5 Å². The molecule has 0 saturated carbocycles. The van der Waals surface area contributed by atoms with Crippen LogP contribution in [0.4, 0.5) is 0 Å². The molecule has 0 heterocycles. The Morgan fingerprint density at radius 2 is 0.919 bits per heavy atom. The monoisotopic (exact) mass is 868 g/mol. The van der Waals surface area contributed by atoms with Crippen molar-refractivity contribution in [3.63, 3.8) is 0 Å². The van der Waals surface area contributed by atoms with E-state index in [0.717, 1.165) is 44.9 Å². The van der Waals surface area contributed by atoms with E-state index < -0.39 is 18.1 Å². The SMILES string of the molecule is CC/C=C/C=C/C=C/C=C/C=C/CCCCCC(=O)OC(COCCC(C(=O)[O-])[N+](C)(C)C)COC(=O)CCCCCCCCC/C=C/CCCCCCCCCCCCCC. The number of carboxylic acid groups (broad SMARTS) is 1. The summed E-state index contributed by atoms with van der Waals surface area (Å²) in [7, 11) is 5.39.